The summed E-state index contributed by atoms with van der Waals surface area (Å²) in [5.41, 5.74) is 3.19. The zero-order chi connectivity index (χ0) is 15.8. The number of halogens is 1. The van der Waals surface area contributed by atoms with Crippen molar-refractivity contribution in [2.45, 2.75) is 0 Å². The van der Waals surface area contributed by atoms with Crippen LogP contribution in [-0.4, -0.2) is 10.1 Å². The van der Waals surface area contributed by atoms with Crippen molar-refractivity contribution in [3.8, 4) is 27.6 Å². The fourth-order valence-electron chi connectivity index (χ4n) is 2.56. The number of hydrogen-bond acceptors (Lipinski definition) is 3. The molecule has 0 fully saturated rings. The number of fused-ring (bicyclic) bond motifs is 1. The number of nitrogens with zero attached hydrogens (tertiary/aromatic N) is 1. The van der Waals surface area contributed by atoms with Crippen LogP contribution in [0.3, 0.4) is 0 Å². The van der Waals surface area contributed by atoms with E-state index in [0.717, 1.165) is 37.1 Å². The third kappa shape index (κ3) is 2.64. The highest BCUT2D eigenvalue weighted by Crippen LogP contribution is 2.35. The number of rotatable bonds is 2. The molecule has 0 aliphatic carbocycles. The number of aromatic hydroxyl groups is 1. The molecule has 0 bridgehead atoms. The van der Waals surface area contributed by atoms with Gasteiger partial charge < -0.3 is 5.11 Å². The van der Waals surface area contributed by atoms with Gasteiger partial charge in [-0.05, 0) is 38.8 Å². The molecule has 2 nitrogen and oxygen atoms in total. The lowest BCUT2D eigenvalue weighted by Crippen LogP contribution is -1.82. The van der Waals surface area contributed by atoms with Gasteiger partial charge in [0.05, 0.1) is 10.2 Å². The average Bonchev–Trinajstić information content (AvgIpc) is 3.09. The second-order valence-electron chi connectivity index (χ2n) is 5.24. The Morgan fingerprint density at radius 3 is 2.57 bits per heavy atom. The molecule has 1 aromatic heterocycles. The van der Waals surface area contributed by atoms with Gasteiger partial charge in [0.1, 0.15) is 10.8 Å². The molecule has 0 atom stereocenters. The van der Waals surface area contributed by atoms with E-state index in [1.165, 1.54) is 0 Å². The molecule has 4 aromatic rings. The fourth-order valence-corrected chi connectivity index (χ4v) is 3.89. The standard InChI is InChI=1S/C19H12BrNOS/c20-18-15-8-6-14(10-13(15)7-9-17(18)22)16-11-23-19(21-16)12-4-2-1-3-5-12/h1-11,22H. The fraction of sp³-hybridized carbons (Fsp3) is 0. The van der Waals surface area contributed by atoms with E-state index in [-0.39, 0.29) is 5.75 Å². The van der Waals surface area contributed by atoms with Crippen molar-refractivity contribution in [1.29, 1.82) is 0 Å². The molecular formula is C19H12BrNOS. The van der Waals surface area contributed by atoms with Gasteiger partial charge in [-0.2, -0.15) is 0 Å². The molecule has 0 saturated heterocycles. The van der Waals surface area contributed by atoms with Gasteiger partial charge in [-0.25, -0.2) is 4.98 Å². The van der Waals surface area contributed by atoms with E-state index in [1.54, 1.807) is 17.4 Å². The normalized spacial score (nSPS) is 11.0. The third-order valence-electron chi connectivity index (χ3n) is 3.75. The lowest BCUT2D eigenvalue weighted by atomic mass is 10.1. The van der Waals surface area contributed by atoms with Gasteiger partial charge in [0.15, 0.2) is 0 Å². The molecule has 112 valence electrons. The summed E-state index contributed by atoms with van der Waals surface area (Å²) < 4.78 is 0.727. The molecule has 1 N–H and O–H groups in total. The number of hydrogen-bond donors (Lipinski definition) is 1. The number of phenols is 1. The summed E-state index contributed by atoms with van der Waals surface area (Å²) in [7, 11) is 0. The Kier molecular flexibility index (Phi) is 3.63. The first-order valence-electron chi connectivity index (χ1n) is 7.15. The summed E-state index contributed by atoms with van der Waals surface area (Å²) >= 11 is 5.08. The molecule has 3 aromatic carbocycles. The van der Waals surface area contributed by atoms with E-state index in [9.17, 15) is 5.11 Å². The third-order valence-corrected chi connectivity index (χ3v) is 5.48. The monoisotopic (exact) mass is 381 g/mol. The molecule has 0 aliphatic rings. The van der Waals surface area contributed by atoms with E-state index in [1.807, 2.05) is 36.4 Å². The van der Waals surface area contributed by atoms with E-state index < -0.39 is 0 Å². The van der Waals surface area contributed by atoms with Crippen LogP contribution >= 0.6 is 27.3 Å². The van der Waals surface area contributed by atoms with Crippen molar-refractivity contribution < 1.29 is 5.11 Å². The van der Waals surface area contributed by atoms with Gasteiger partial charge in [-0.1, -0.05) is 48.5 Å². The van der Waals surface area contributed by atoms with Crippen LogP contribution in [0, 0.1) is 0 Å². The van der Waals surface area contributed by atoms with Crippen LogP contribution in [-0.2, 0) is 0 Å². The first-order valence-corrected chi connectivity index (χ1v) is 8.82. The summed E-state index contributed by atoms with van der Waals surface area (Å²) in [6.07, 6.45) is 0. The van der Waals surface area contributed by atoms with E-state index in [2.05, 4.69) is 39.5 Å². The van der Waals surface area contributed by atoms with Crippen molar-refractivity contribution in [2.75, 3.05) is 0 Å². The Balaban J connectivity index is 1.78. The zero-order valence-electron chi connectivity index (χ0n) is 12.0. The maximum Gasteiger partial charge on any atom is 0.130 e. The molecule has 0 amide bonds. The Labute approximate surface area is 146 Å². The molecule has 0 spiro atoms. The lowest BCUT2D eigenvalue weighted by molar-refractivity contribution is 0.473. The highest BCUT2D eigenvalue weighted by molar-refractivity contribution is 9.10. The zero-order valence-corrected chi connectivity index (χ0v) is 14.4. The topological polar surface area (TPSA) is 33.1 Å². The van der Waals surface area contributed by atoms with Crippen LogP contribution in [0.4, 0.5) is 0 Å². The Bertz CT molecular complexity index is 995. The Hall–Kier alpha value is -2.17. The van der Waals surface area contributed by atoms with Crippen LogP contribution in [0.25, 0.3) is 32.6 Å². The molecule has 0 aliphatic heterocycles. The van der Waals surface area contributed by atoms with Crippen LogP contribution in [0.15, 0.2) is 70.5 Å². The molecule has 0 saturated carbocycles. The van der Waals surface area contributed by atoms with Crippen molar-refractivity contribution in [3.63, 3.8) is 0 Å². The number of benzene rings is 3. The first kappa shape index (κ1) is 14.4. The highest BCUT2D eigenvalue weighted by Gasteiger charge is 2.09. The van der Waals surface area contributed by atoms with Gasteiger partial charge in [0, 0.05) is 16.5 Å². The second kappa shape index (κ2) is 5.80. The molecule has 0 radical (unpaired) electrons. The first-order chi connectivity index (χ1) is 11.2. The van der Waals surface area contributed by atoms with Gasteiger partial charge >= 0.3 is 0 Å². The summed E-state index contributed by atoms with van der Waals surface area (Å²) in [4.78, 5) is 4.75. The smallest absolute Gasteiger partial charge is 0.130 e. The lowest BCUT2D eigenvalue weighted by Gasteiger charge is -2.05. The van der Waals surface area contributed by atoms with Gasteiger partial charge in [-0.3, -0.25) is 0 Å². The minimum absolute atomic E-state index is 0.255. The summed E-state index contributed by atoms with van der Waals surface area (Å²) in [5.74, 6) is 0.255. The average molecular weight is 382 g/mol. The number of thiazole rings is 1. The molecule has 4 rings (SSSR count). The van der Waals surface area contributed by atoms with Gasteiger partial charge in [0.2, 0.25) is 0 Å². The van der Waals surface area contributed by atoms with Crippen LogP contribution in [0.1, 0.15) is 0 Å². The van der Waals surface area contributed by atoms with Crippen molar-refractivity contribution in [2.24, 2.45) is 0 Å². The minimum Gasteiger partial charge on any atom is -0.507 e. The van der Waals surface area contributed by atoms with E-state index >= 15 is 0 Å². The molecular weight excluding hydrogens is 370 g/mol. The molecule has 4 heteroatoms. The van der Waals surface area contributed by atoms with E-state index in [0.29, 0.717) is 0 Å². The second-order valence-corrected chi connectivity index (χ2v) is 6.89. The van der Waals surface area contributed by atoms with Crippen LogP contribution in [0.5, 0.6) is 5.75 Å². The number of phenolic OH excluding ortho intramolecular Hbond substituents is 1. The largest absolute Gasteiger partial charge is 0.507 e. The number of aromatic nitrogens is 1. The summed E-state index contributed by atoms with van der Waals surface area (Å²) in [5, 5.41) is 14.9. The molecule has 1 heterocycles. The predicted molar refractivity (Wildman–Crippen MR) is 99.9 cm³/mol. The van der Waals surface area contributed by atoms with Crippen LogP contribution < -0.4 is 0 Å². The molecule has 23 heavy (non-hydrogen) atoms. The predicted octanol–water partition coefficient (Wildman–Crippen LogP) is 6.10. The van der Waals surface area contributed by atoms with E-state index in [4.69, 9.17) is 4.98 Å². The Morgan fingerprint density at radius 2 is 1.74 bits per heavy atom. The van der Waals surface area contributed by atoms with Crippen molar-refractivity contribution in [1.82, 2.24) is 4.98 Å². The minimum atomic E-state index is 0.255. The van der Waals surface area contributed by atoms with Crippen LogP contribution in [0.2, 0.25) is 0 Å². The van der Waals surface area contributed by atoms with Crippen molar-refractivity contribution >= 4 is 38.0 Å². The summed E-state index contributed by atoms with van der Waals surface area (Å²) in [6.45, 7) is 0. The summed E-state index contributed by atoms with van der Waals surface area (Å²) in [6, 6.07) is 20.0. The van der Waals surface area contributed by atoms with Gasteiger partial charge in [-0.15, -0.1) is 11.3 Å². The maximum atomic E-state index is 9.78. The van der Waals surface area contributed by atoms with Gasteiger partial charge in [0.25, 0.3) is 0 Å². The SMILES string of the molecule is Oc1ccc2cc(-c3csc(-c4ccccc4)n3)ccc2c1Br. The Morgan fingerprint density at radius 1 is 0.913 bits per heavy atom. The highest BCUT2D eigenvalue weighted by atomic mass is 79.9. The van der Waals surface area contributed by atoms with Crippen molar-refractivity contribution in [3.05, 3.63) is 70.5 Å². The quantitative estimate of drug-likeness (QED) is 0.455. The molecule has 0 unspecified atom stereocenters. The maximum absolute atomic E-state index is 9.78.